The molecule has 0 saturated carbocycles. The second-order valence-corrected chi connectivity index (χ2v) is 9.94. The van der Waals surface area contributed by atoms with Crippen molar-refractivity contribution in [2.45, 2.75) is 38.6 Å². The van der Waals surface area contributed by atoms with E-state index in [9.17, 15) is 14.4 Å². The molecule has 1 N–H and O–H groups in total. The van der Waals surface area contributed by atoms with E-state index in [2.05, 4.69) is 39.8 Å². The van der Waals surface area contributed by atoms with Crippen LogP contribution in [0.2, 0.25) is 0 Å². The van der Waals surface area contributed by atoms with Crippen molar-refractivity contribution in [2.75, 3.05) is 26.3 Å². The first kappa shape index (κ1) is 24.7. The highest BCUT2D eigenvalue weighted by Gasteiger charge is 2.40. The lowest BCUT2D eigenvalue weighted by Crippen LogP contribution is -2.52. The van der Waals surface area contributed by atoms with Gasteiger partial charge >= 0.3 is 0 Å². The quantitative estimate of drug-likeness (QED) is 0.340. The molecule has 3 amide bonds. The van der Waals surface area contributed by atoms with E-state index >= 15 is 0 Å². The Morgan fingerprint density at radius 1 is 1.08 bits per heavy atom. The molecule has 3 aliphatic rings. The van der Waals surface area contributed by atoms with E-state index in [1.807, 2.05) is 12.1 Å². The lowest BCUT2D eigenvalue weighted by Gasteiger charge is -2.29. The van der Waals surface area contributed by atoms with Crippen molar-refractivity contribution >= 4 is 57.6 Å². The van der Waals surface area contributed by atoms with Crippen LogP contribution >= 0.6 is 0 Å². The van der Waals surface area contributed by atoms with Crippen molar-refractivity contribution in [3.8, 4) is 5.75 Å². The van der Waals surface area contributed by atoms with Crippen LogP contribution in [0.1, 0.15) is 39.9 Å². The summed E-state index contributed by atoms with van der Waals surface area (Å²) in [4.78, 5) is 41.0. The van der Waals surface area contributed by atoms with Crippen LogP contribution in [0.5, 0.6) is 5.75 Å². The SMILES string of the molecule is Bc1cc(CN2CCOCC2)c(B)c(B)c1COc1cccc2c1CN(C1CCC(=O)NC1=O)C2=O. The minimum absolute atomic E-state index is 0.194. The minimum Gasteiger partial charge on any atom is -0.489 e. The molecule has 0 bridgehead atoms. The zero-order valence-corrected chi connectivity index (χ0v) is 21.2. The third kappa shape index (κ3) is 4.69. The van der Waals surface area contributed by atoms with Crippen LogP contribution in [-0.4, -0.2) is 83.4 Å². The summed E-state index contributed by atoms with van der Waals surface area (Å²) in [6, 6.07) is 7.10. The maximum absolute atomic E-state index is 13.1. The van der Waals surface area contributed by atoms with Crippen LogP contribution in [0.15, 0.2) is 24.3 Å². The molecule has 2 saturated heterocycles. The van der Waals surface area contributed by atoms with Crippen LogP contribution in [0.4, 0.5) is 0 Å². The van der Waals surface area contributed by atoms with Crippen LogP contribution in [0.25, 0.3) is 0 Å². The molecule has 5 rings (SSSR count). The number of amides is 3. The molecule has 1 atom stereocenters. The molecule has 2 aromatic carbocycles. The third-order valence-corrected chi connectivity index (χ3v) is 7.77. The Morgan fingerprint density at radius 3 is 2.61 bits per heavy atom. The Labute approximate surface area is 213 Å². The number of morpholine rings is 1. The summed E-state index contributed by atoms with van der Waals surface area (Å²) in [5, 5.41) is 2.35. The summed E-state index contributed by atoms with van der Waals surface area (Å²) in [7, 11) is 6.44. The molecule has 8 nitrogen and oxygen atoms in total. The fourth-order valence-electron chi connectivity index (χ4n) is 5.45. The Kier molecular flexibility index (Phi) is 6.95. The standard InChI is InChI=1S/C25H30B3N3O5/c26-18-10-14(11-30-6-8-35-9-7-30)22(27)23(28)17(18)13-36-20-3-1-2-15-16(20)12-31(25(15)34)19-4-5-21(32)29-24(19)33/h1-3,10,19H,4-9,11-13,26-28H2,(H,29,32,33). The summed E-state index contributed by atoms with van der Waals surface area (Å²) in [6.07, 6.45) is 0.578. The van der Waals surface area contributed by atoms with Gasteiger partial charge in [0.1, 0.15) is 41.9 Å². The number of nitrogens with zero attached hydrogens (tertiary/aromatic N) is 2. The van der Waals surface area contributed by atoms with Gasteiger partial charge in [-0.25, -0.2) is 0 Å². The van der Waals surface area contributed by atoms with Crippen LogP contribution < -0.4 is 26.4 Å². The average Bonchev–Trinajstić information content (AvgIpc) is 3.20. The second kappa shape index (κ2) is 10.1. The monoisotopic (exact) mass is 485 g/mol. The molecule has 11 heteroatoms. The van der Waals surface area contributed by atoms with E-state index in [-0.39, 0.29) is 18.2 Å². The summed E-state index contributed by atoms with van der Waals surface area (Å²) >= 11 is 0. The first-order valence-electron chi connectivity index (χ1n) is 12.6. The number of carbonyl (C=O) groups is 3. The van der Waals surface area contributed by atoms with Gasteiger partial charge in [0, 0.05) is 37.2 Å². The molecular formula is C25H30B3N3O5. The van der Waals surface area contributed by atoms with E-state index in [0.717, 1.165) is 44.0 Å². The molecule has 1 unspecified atom stereocenters. The van der Waals surface area contributed by atoms with Gasteiger partial charge in [0.15, 0.2) is 0 Å². The van der Waals surface area contributed by atoms with Crippen molar-refractivity contribution in [3.63, 3.8) is 0 Å². The molecule has 0 aromatic heterocycles. The predicted molar refractivity (Wildman–Crippen MR) is 144 cm³/mol. The summed E-state index contributed by atoms with van der Waals surface area (Å²) < 4.78 is 11.8. The highest BCUT2D eigenvalue weighted by Crippen LogP contribution is 2.33. The van der Waals surface area contributed by atoms with Gasteiger partial charge < -0.3 is 14.4 Å². The Hall–Kier alpha value is -3.04. The predicted octanol–water partition coefficient (Wildman–Crippen LogP) is -3.37. The Balaban J connectivity index is 1.32. The van der Waals surface area contributed by atoms with Crippen molar-refractivity contribution in [1.29, 1.82) is 0 Å². The van der Waals surface area contributed by atoms with Gasteiger partial charge in [-0.3, -0.25) is 24.6 Å². The summed E-state index contributed by atoms with van der Waals surface area (Å²) in [6.45, 7) is 5.10. The number of piperidine rings is 1. The van der Waals surface area contributed by atoms with Gasteiger partial charge in [0.2, 0.25) is 11.8 Å². The largest absolute Gasteiger partial charge is 0.489 e. The van der Waals surface area contributed by atoms with Gasteiger partial charge in [0.25, 0.3) is 5.91 Å². The number of benzene rings is 2. The number of nitrogens with one attached hydrogen (secondary N) is 1. The number of ether oxygens (including phenoxy) is 2. The fraction of sp³-hybridized carbons (Fsp3) is 0.400. The minimum atomic E-state index is -0.637. The van der Waals surface area contributed by atoms with Crippen LogP contribution in [-0.2, 0) is 34.0 Å². The summed E-state index contributed by atoms with van der Waals surface area (Å²) in [5.74, 6) is -0.236. The molecule has 2 fully saturated rings. The van der Waals surface area contributed by atoms with E-state index in [4.69, 9.17) is 9.47 Å². The molecule has 3 heterocycles. The number of hydrogen-bond donors (Lipinski definition) is 1. The molecular weight excluding hydrogens is 455 g/mol. The zero-order chi connectivity index (χ0) is 25.4. The van der Waals surface area contributed by atoms with Gasteiger partial charge in [-0.15, -0.1) is 0 Å². The van der Waals surface area contributed by atoms with E-state index in [1.54, 1.807) is 11.0 Å². The number of rotatable bonds is 6. The highest BCUT2D eigenvalue weighted by atomic mass is 16.5. The molecule has 0 radical (unpaired) electrons. The number of fused-ring (bicyclic) bond motifs is 1. The number of hydrogen-bond acceptors (Lipinski definition) is 6. The molecule has 2 aromatic rings. The summed E-state index contributed by atoms with van der Waals surface area (Å²) in [5.41, 5.74) is 7.54. The second-order valence-electron chi connectivity index (χ2n) is 9.94. The van der Waals surface area contributed by atoms with Gasteiger partial charge in [-0.1, -0.05) is 28.5 Å². The van der Waals surface area contributed by atoms with E-state index in [1.165, 1.54) is 22.0 Å². The highest BCUT2D eigenvalue weighted by molar-refractivity contribution is 6.51. The van der Waals surface area contributed by atoms with Crippen LogP contribution in [0.3, 0.4) is 0 Å². The smallest absolute Gasteiger partial charge is 0.255 e. The van der Waals surface area contributed by atoms with Crippen LogP contribution in [0, 0.1) is 0 Å². The van der Waals surface area contributed by atoms with E-state index < -0.39 is 11.9 Å². The Morgan fingerprint density at radius 2 is 1.86 bits per heavy atom. The number of carbonyl (C=O) groups excluding carboxylic acids is 3. The average molecular weight is 485 g/mol. The van der Waals surface area contributed by atoms with Gasteiger partial charge in [-0.05, 0) is 29.7 Å². The normalized spacial score (nSPS) is 20.4. The zero-order valence-electron chi connectivity index (χ0n) is 21.2. The van der Waals surface area contributed by atoms with Gasteiger partial charge in [-0.2, -0.15) is 0 Å². The molecule has 184 valence electrons. The molecule has 3 aliphatic heterocycles. The van der Waals surface area contributed by atoms with Crippen molar-refractivity contribution < 1.29 is 23.9 Å². The first-order valence-corrected chi connectivity index (χ1v) is 12.6. The fourth-order valence-corrected chi connectivity index (χ4v) is 5.45. The maximum Gasteiger partial charge on any atom is 0.255 e. The van der Waals surface area contributed by atoms with E-state index in [0.29, 0.717) is 30.9 Å². The lowest BCUT2D eigenvalue weighted by atomic mass is 9.70. The third-order valence-electron chi connectivity index (χ3n) is 7.77. The lowest BCUT2D eigenvalue weighted by molar-refractivity contribution is -0.136. The number of imide groups is 1. The Bertz CT molecular complexity index is 1230. The van der Waals surface area contributed by atoms with Crippen molar-refractivity contribution in [3.05, 3.63) is 46.5 Å². The van der Waals surface area contributed by atoms with Crippen molar-refractivity contribution in [1.82, 2.24) is 15.1 Å². The first-order chi connectivity index (χ1) is 17.3. The van der Waals surface area contributed by atoms with Crippen molar-refractivity contribution in [2.24, 2.45) is 0 Å². The van der Waals surface area contributed by atoms with Gasteiger partial charge in [0.05, 0.1) is 19.8 Å². The molecule has 0 spiro atoms. The molecule has 0 aliphatic carbocycles. The maximum atomic E-state index is 13.1. The topological polar surface area (TPSA) is 88.2 Å². The molecule has 36 heavy (non-hydrogen) atoms.